The van der Waals surface area contributed by atoms with E-state index in [0.29, 0.717) is 57.1 Å². The van der Waals surface area contributed by atoms with Crippen molar-refractivity contribution in [1.29, 1.82) is 0 Å². The molecule has 12 nitrogen and oxygen atoms in total. The van der Waals surface area contributed by atoms with E-state index in [0.717, 1.165) is 45.0 Å². The molecule has 0 atom stereocenters. The standard InChI is InChI=1S/C50H36Cl2N2O10S/c1-49(2)22-53(25-15-13-24(14-16-25)46(55)56)42-30-11-7-5-9-28(30)34-37(38-36(48(59)60)33(51)21-32(41(38)52)47(57)58)35-29-10-6-8-12-31(29)43-40(45(35)64-44(34)39(42)49)50(3,4)23-54(43)26-17-19-27(20-18-26)65(61,62)63/h5-21H,22-23H2,1-4H3,(H3-,55,56,57,58,59,60,61,62,63)/p+1. The largest absolute Gasteiger partial charge is 0.478 e. The van der Waals surface area contributed by atoms with Gasteiger partial charge in [0.05, 0.1) is 64.9 Å². The van der Waals surface area contributed by atoms with E-state index in [1.165, 1.54) is 12.1 Å². The van der Waals surface area contributed by atoms with Crippen LogP contribution >= 0.6 is 23.2 Å². The van der Waals surface area contributed by atoms with Crippen molar-refractivity contribution in [2.24, 2.45) is 0 Å². The van der Waals surface area contributed by atoms with E-state index in [4.69, 9.17) is 27.6 Å². The highest BCUT2D eigenvalue weighted by molar-refractivity contribution is 7.85. The summed E-state index contributed by atoms with van der Waals surface area (Å²) in [5.74, 6) is -3.90. The Morgan fingerprint density at radius 1 is 0.615 bits per heavy atom. The van der Waals surface area contributed by atoms with Gasteiger partial charge in [0.25, 0.3) is 10.1 Å². The number of carbonyl (C=O) groups is 3. The van der Waals surface area contributed by atoms with Gasteiger partial charge >= 0.3 is 29.1 Å². The van der Waals surface area contributed by atoms with Crippen LogP contribution in [-0.2, 0) is 20.9 Å². The van der Waals surface area contributed by atoms with Gasteiger partial charge in [-0.15, -0.1) is 0 Å². The molecule has 15 heteroatoms. The van der Waals surface area contributed by atoms with Gasteiger partial charge in [0.2, 0.25) is 0 Å². The van der Waals surface area contributed by atoms with E-state index in [-0.39, 0.29) is 26.1 Å². The predicted molar refractivity (Wildman–Crippen MR) is 252 cm³/mol. The Bertz CT molecular complexity index is 3590. The molecule has 326 valence electrons. The molecule has 0 unspecified atom stereocenters. The minimum Gasteiger partial charge on any atom is -0.478 e. The van der Waals surface area contributed by atoms with Gasteiger partial charge in [0, 0.05) is 68.0 Å². The van der Waals surface area contributed by atoms with Crippen LogP contribution in [0.1, 0.15) is 69.9 Å². The number of carboxylic acid groups (broad SMARTS) is 3. The molecule has 2 aliphatic rings. The zero-order chi connectivity index (χ0) is 46.2. The molecule has 0 saturated heterocycles. The number of anilines is 4. The van der Waals surface area contributed by atoms with E-state index in [9.17, 15) is 42.7 Å². The monoisotopic (exact) mass is 927 g/mol. The van der Waals surface area contributed by atoms with Crippen LogP contribution in [0.4, 0.5) is 22.7 Å². The molecule has 7 aromatic carbocycles. The summed E-state index contributed by atoms with van der Waals surface area (Å²) in [5.41, 5.74) is 3.29. The van der Waals surface area contributed by atoms with Gasteiger partial charge in [-0.2, -0.15) is 8.42 Å². The molecule has 65 heavy (non-hydrogen) atoms. The maximum Gasteiger partial charge on any atom is 0.367 e. The highest BCUT2D eigenvalue weighted by atomic mass is 35.5. The number of nitrogens with zero attached hydrogens (tertiary/aromatic N) is 2. The van der Waals surface area contributed by atoms with Crippen molar-refractivity contribution < 1.29 is 47.1 Å². The van der Waals surface area contributed by atoms with Crippen LogP contribution in [-0.4, -0.2) is 59.3 Å². The van der Waals surface area contributed by atoms with Crippen LogP contribution in [0.15, 0.2) is 112 Å². The molecular formula is C50H37Cl2N2O10S+. The lowest BCUT2D eigenvalue weighted by Gasteiger charge is -2.23. The van der Waals surface area contributed by atoms with Gasteiger partial charge in [-0.1, -0.05) is 99.4 Å². The summed E-state index contributed by atoms with van der Waals surface area (Å²) in [6.07, 6.45) is 0. The molecule has 8 aromatic rings. The van der Waals surface area contributed by atoms with Crippen LogP contribution in [0.3, 0.4) is 0 Å². The number of benzene rings is 7. The highest BCUT2D eigenvalue weighted by Crippen LogP contribution is 2.60. The number of hydrogen-bond acceptors (Lipinski definition) is 7. The quantitative estimate of drug-likeness (QED) is 0.0514. The maximum absolute atomic E-state index is 13.6. The minimum atomic E-state index is -4.48. The van der Waals surface area contributed by atoms with Crippen molar-refractivity contribution in [2.75, 3.05) is 22.9 Å². The Morgan fingerprint density at radius 3 is 1.48 bits per heavy atom. The van der Waals surface area contributed by atoms with Gasteiger partial charge in [-0.3, -0.25) is 4.55 Å². The van der Waals surface area contributed by atoms with E-state index in [1.807, 2.05) is 62.4 Å². The smallest absolute Gasteiger partial charge is 0.367 e. The normalized spacial score (nSPS) is 15.2. The first-order chi connectivity index (χ1) is 30.7. The third-order valence-corrected chi connectivity index (χ3v) is 14.3. The van der Waals surface area contributed by atoms with Crippen molar-refractivity contribution in [1.82, 2.24) is 0 Å². The maximum atomic E-state index is 13.6. The number of rotatable bonds is 7. The van der Waals surface area contributed by atoms with Crippen molar-refractivity contribution >= 4 is 117 Å². The molecule has 0 aliphatic carbocycles. The molecule has 10 rings (SSSR count). The fourth-order valence-corrected chi connectivity index (χ4v) is 11.2. The topological polar surface area (TPSA) is 184 Å². The first-order valence-electron chi connectivity index (χ1n) is 20.4. The number of halogens is 2. The first-order valence-corrected chi connectivity index (χ1v) is 22.6. The van der Waals surface area contributed by atoms with E-state index < -0.39 is 50.0 Å². The Hall–Kier alpha value is -6.77. The Labute approximate surface area is 381 Å². The van der Waals surface area contributed by atoms with Crippen LogP contribution < -0.4 is 9.80 Å². The summed E-state index contributed by atoms with van der Waals surface area (Å²) in [5, 5.41) is 34.3. The first kappa shape index (κ1) is 42.2. The molecule has 4 N–H and O–H groups in total. The second kappa shape index (κ2) is 14.4. The van der Waals surface area contributed by atoms with Crippen LogP contribution in [0, 0.1) is 0 Å². The predicted octanol–water partition coefficient (Wildman–Crippen LogP) is 12.3. The van der Waals surface area contributed by atoms with Gasteiger partial charge < -0.3 is 25.1 Å². The third kappa shape index (κ3) is 6.24. The average Bonchev–Trinajstić information content (AvgIpc) is 3.72. The van der Waals surface area contributed by atoms with E-state index in [1.54, 1.807) is 36.4 Å². The van der Waals surface area contributed by atoms with Crippen molar-refractivity contribution in [3.63, 3.8) is 0 Å². The number of fused-ring (bicyclic) bond motifs is 12. The van der Waals surface area contributed by atoms with Gasteiger partial charge in [-0.25, -0.2) is 18.8 Å². The number of hydrogen-bond donors (Lipinski definition) is 4. The summed E-state index contributed by atoms with van der Waals surface area (Å²) < 4.78 is 41.5. The lowest BCUT2D eigenvalue weighted by Crippen LogP contribution is -2.25. The third-order valence-electron chi connectivity index (χ3n) is 12.8. The van der Waals surface area contributed by atoms with Gasteiger partial charge in [0.15, 0.2) is 0 Å². The van der Waals surface area contributed by atoms with E-state index in [2.05, 4.69) is 23.6 Å². The molecule has 0 amide bonds. The van der Waals surface area contributed by atoms with Gasteiger partial charge in [0.1, 0.15) is 0 Å². The van der Waals surface area contributed by atoms with Crippen LogP contribution in [0.2, 0.25) is 10.0 Å². The molecular weight excluding hydrogens is 892 g/mol. The zero-order valence-corrected chi connectivity index (χ0v) is 37.4. The second-order valence-corrected chi connectivity index (χ2v) is 20.0. The fourth-order valence-electron chi connectivity index (χ4n) is 10.1. The zero-order valence-electron chi connectivity index (χ0n) is 35.0. The Balaban J connectivity index is 1.46. The molecule has 1 aromatic heterocycles. The lowest BCUT2D eigenvalue weighted by molar-refractivity contribution is 0.0682. The van der Waals surface area contributed by atoms with E-state index >= 15 is 0 Å². The molecule has 0 bridgehead atoms. The van der Waals surface area contributed by atoms with Crippen molar-refractivity contribution in [3.8, 4) is 11.1 Å². The molecule has 0 radical (unpaired) electrons. The summed E-state index contributed by atoms with van der Waals surface area (Å²) in [6.45, 7) is 9.02. The van der Waals surface area contributed by atoms with Crippen molar-refractivity contribution in [3.05, 3.63) is 141 Å². The summed E-state index contributed by atoms with van der Waals surface area (Å²) >= 11 is 14.1. The number of carboxylic acids is 3. The summed E-state index contributed by atoms with van der Waals surface area (Å²) in [4.78, 5) is 42.3. The molecule has 0 fully saturated rings. The summed E-state index contributed by atoms with van der Waals surface area (Å²) in [6, 6.07) is 28.7. The second-order valence-electron chi connectivity index (χ2n) is 17.8. The van der Waals surface area contributed by atoms with Crippen LogP contribution in [0.5, 0.6) is 0 Å². The number of aromatic carboxylic acids is 3. The molecule has 0 saturated carbocycles. The van der Waals surface area contributed by atoms with Gasteiger partial charge in [-0.05, 0) is 54.6 Å². The summed E-state index contributed by atoms with van der Waals surface area (Å²) in [7, 11) is -4.48. The molecule has 0 spiro atoms. The Morgan fingerprint density at radius 2 is 1.06 bits per heavy atom. The SMILES string of the molecule is CC1(C)CN(c2ccc(C(=O)O)cc2)c2c1c1[o+]c3c4c(c5ccccc5c3c(-c3c(Cl)c(C(=O)O)cc(Cl)c3C(=O)O)c1c1ccccc21)N(c1ccc(S(=O)(=O)O)cc1)CC4(C)C. The minimum absolute atomic E-state index is 0.101. The highest BCUT2D eigenvalue weighted by Gasteiger charge is 2.49. The molecule has 2 aliphatic heterocycles. The lowest BCUT2D eigenvalue weighted by atomic mass is 9.79. The van der Waals surface area contributed by atoms with Crippen LogP contribution in [0.25, 0.3) is 54.6 Å². The Kier molecular flexibility index (Phi) is 9.33. The van der Waals surface area contributed by atoms with Crippen molar-refractivity contribution in [2.45, 2.75) is 43.4 Å². The average molecular weight is 929 g/mol. The molecule has 3 heterocycles. The fraction of sp³-hybridized carbons (Fsp3) is 0.160.